The van der Waals surface area contributed by atoms with Crippen LogP contribution in [0.15, 0.2) is 24.3 Å². The van der Waals surface area contributed by atoms with Gasteiger partial charge in [-0.15, -0.1) is 0 Å². The minimum absolute atomic E-state index is 0.288. The van der Waals surface area contributed by atoms with Crippen molar-refractivity contribution in [2.24, 2.45) is 0 Å². The average molecular weight is 216 g/mol. The van der Waals surface area contributed by atoms with E-state index in [4.69, 9.17) is 4.74 Å². The van der Waals surface area contributed by atoms with Crippen LogP contribution in [0.4, 0.5) is 0 Å². The zero-order valence-electron chi connectivity index (χ0n) is 8.93. The third-order valence-corrected chi connectivity index (χ3v) is 3.30. The van der Waals surface area contributed by atoms with Crippen LogP contribution in [-0.2, 0) is 4.79 Å². The van der Waals surface area contributed by atoms with Crippen molar-refractivity contribution in [2.45, 2.75) is 25.2 Å². The molecule has 2 atom stereocenters. The molecule has 0 spiro atoms. The Morgan fingerprint density at radius 3 is 2.69 bits per heavy atom. The lowest BCUT2D eigenvalue weighted by Crippen LogP contribution is -2.05. The molecule has 3 nitrogen and oxygen atoms in total. The molecule has 82 valence electrons. The maximum absolute atomic E-state index is 11.0. The molecule has 2 aliphatic carbocycles. The molecule has 3 heteroatoms. The zero-order chi connectivity index (χ0) is 11.3. The van der Waals surface area contributed by atoms with Crippen LogP contribution in [0.2, 0.25) is 0 Å². The van der Waals surface area contributed by atoms with Crippen molar-refractivity contribution in [3.63, 3.8) is 0 Å². The Kier molecular flexibility index (Phi) is 1.84. The summed E-state index contributed by atoms with van der Waals surface area (Å²) >= 11 is 0. The number of hydrogen-bond acceptors (Lipinski definition) is 3. The number of hydrogen-bond donors (Lipinski definition) is 1. The second-order valence-electron chi connectivity index (χ2n) is 4.34. The smallest absolute Gasteiger partial charge is 0.308 e. The molecule has 16 heavy (non-hydrogen) atoms. The molecular weight excluding hydrogens is 204 g/mol. The van der Waals surface area contributed by atoms with Crippen LogP contribution >= 0.6 is 0 Å². The first-order chi connectivity index (χ1) is 7.66. The van der Waals surface area contributed by atoms with Gasteiger partial charge in [0.1, 0.15) is 11.5 Å². The molecule has 0 saturated heterocycles. The fourth-order valence-corrected chi connectivity index (χ4v) is 2.75. The predicted molar refractivity (Wildman–Crippen MR) is 58.7 cm³/mol. The summed E-state index contributed by atoms with van der Waals surface area (Å²) < 4.78 is 5.18. The second-order valence-corrected chi connectivity index (χ2v) is 4.34. The maximum atomic E-state index is 11.0. The number of benzene rings is 1. The molecule has 3 rings (SSSR count). The second kappa shape index (κ2) is 3.11. The highest BCUT2D eigenvalue weighted by Crippen LogP contribution is 2.54. The summed E-state index contributed by atoms with van der Waals surface area (Å²) in [5, 5.41) is 9.84. The van der Waals surface area contributed by atoms with E-state index in [0.717, 1.165) is 17.5 Å². The number of carbonyl (C=O) groups excluding carboxylic acids is 1. The molecule has 0 amide bonds. The Bertz CT molecular complexity index is 502. The lowest BCUT2D eigenvalue weighted by Gasteiger charge is -2.15. The van der Waals surface area contributed by atoms with E-state index in [1.165, 1.54) is 6.92 Å². The van der Waals surface area contributed by atoms with E-state index in [2.05, 4.69) is 12.2 Å². The molecule has 0 fully saturated rings. The van der Waals surface area contributed by atoms with E-state index in [1.54, 1.807) is 12.1 Å². The molecule has 0 saturated carbocycles. The van der Waals surface area contributed by atoms with E-state index in [9.17, 15) is 9.90 Å². The third-order valence-electron chi connectivity index (χ3n) is 3.30. The lowest BCUT2D eigenvalue weighted by atomic mass is 9.95. The first kappa shape index (κ1) is 9.46. The Morgan fingerprint density at radius 1 is 1.31 bits per heavy atom. The van der Waals surface area contributed by atoms with Gasteiger partial charge in [-0.05, 0) is 18.6 Å². The minimum atomic E-state index is -0.320. The van der Waals surface area contributed by atoms with Gasteiger partial charge >= 0.3 is 5.97 Å². The maximum Gasteiger partial charge on any atom is 0.308 e. The number of rotatable bonds is 1. The summed E-state index contributed by atoms with van der Waals surface area (Å²) in [6.45, 7) is 1.39. The van der Waals surface area contributed by atoms with E-state index in [0.29, 0.717) is 17.4 Å². The zero-order valence-corrected chi connectivity index (χ0v) is 8.93. The molecule has 0 aromatic heterocycles. The van der Waals surface area contributed by atoms with E-state index >= 15 is 0 Å². The van der Waals surface area contributed by atoms with Crippen molar-refractivity contribution >= 4 is 5.97 Å². The van der Waals surface area contributed by atoms with Crippen LogP contribution in [0.25, 0.3) is 0 Å². The van der Waals surface area contributed by atoms with Crippen LogP contribution in [0.1, 0.15) is 36.3 Å². The van der Waals surface area contributed by atoms with Crippen LogP contribution in [0.3, 0.4) is 0 Å². The van der Waals surface area contributed by atoms with Gasteiger partial charge in [-0.2, -0.15) is 0 Å². The van der Waals surface area contributed by atoms with Gasteiger partial charge in [0.25, 0.3) is 0 Å². The summed E-state index contributed by atoms with van der Waals surface area (Å²) in [5.41, 5.74) is 1.92. The lowest BCUT2D eigenvalue weighted by molar-refractivity contribution is -0.131. The predicted octanol–water partition coefficient (Wildman–Crippen LogP) is 2.46. The number of phenols is 1. The number of esters is 1. The van der Waals surface area contributed by atoms with Gasteiger partial charge in [-0.1, -0.05) is 12.2 Å². The quantitative estimate of drug-likeness (QED) is 0.445. The number of fused-ring (bicyclic) bond motifs is 5. The van der Waals surface area contributed by atoms with E-state index < -0.39 is 0 Å². The molecule has 1 N–H and O–H groups in total. The molecule has 0 heterocycles. The summed E-state index contributed by atoms with van der Waals surface area (Å²) in [5.74, 6) is 1.16. The summed E-state index contributed by atoms with van der Waals surface area (Å²) in [4.78, 5) is 11.0. The third kappa shape index (κ3) is 1.18. The Morgan fingerprint density at radius 2 is 2.00 bits per heavy atom. The van der Waals surface area contributed by atoms with Crippen LogP contribution in [-0.4, -0.2) is 11.1 Å². The number of phenolic OH excluding ortho intramolecular Hbond substituents is 1. The van der Waals surface area contributed by atoms with E-state index in [1.807, 2.05) is 0 Å². The molecule has 2 unspecified atom stereocenters. The largest absolute Gasteiger partial charge is 0.508 e. The van der Waals surface area contributed by atoms with Gasteiger partial charge in [0, 0.05) is 29.9 Å². The average Bonchev–Trinajstić information content (AvgIpc) is 2.82. The standard InChI is InChI=1S/C13H12O3/c1-7(14)16-11-5-4-10(15)12-8-2-3-9(6-8)13(11)12/h2-5,8-9,15H,6H2,1H3. The fourth-order valence-electron chi connectivity index (χ4n) is 2.75. The molecule has 2 aliphatic rings. The van der Waals surface area contributed by atoms with Crippen LogP contribution in [0.5, 0.6) is 11.5 Å². The van der Waals surface area contributed by atoms with Crippen LogP contribution in [0, 0.1) is 0 Å². The summed E-state index contributed by atoms with van der Waals surface area (Å²) in [6, 6.07) is 3.27. The Labute approximate surface area is 93.4 Å². The van der Waals surface area contributed by atoms with Crippen molar-refractivity contribution in [3.05, 3.63) is 35.4 Å². The van der Waals surface area contributed by atoms with Crippen molar-refractivity contribution in [1.29, 1.82) is 0 Å². The highest BCUT2D eigenvalue weighted by atomic mass is 16.5. The SMILES string of the molecule is CC(=O)Oc1ccc(O)c2c1C1C=CC2C1. The molecule has 1 aromatic rings. The minimum Gasteiger partial charge on any atom is -0.508 e. The normalized spacial score (nSPS) is 24.6. The van der Waals surface area contributed by atoms with Gasteiger partial charge in [-0.3, -0.25) is 4.79 Å². The topological polar surface area (TPSA) is 46.5 Å². The molecule has 2 bridgehead atoms. The molecule has 0 radical (unpaired) electrons. The van der Waals surface area contributed by atoms with Crippen molar-refractivity contribution in [2.75, 3.05) is 0 Å². The van der Waals surface area contributed by atoms with Crippen molar-refractivity contribution < 1.29 is 14.6 Å². The Balaban J connectivity index is 2.15. The van der Waals surface area contributed by atoms with Crippen LogP contribution < -0.4 is 4.74 Å². The molecular formula is C13H12O3. The fraction of sp³-hybridized carbons (Fsp3) is 0.308. The number of ether oxygens (including phenoxy) is 1. The molecule has 1 aromatic carbocycles. The van der Waals surface area contributed by atoms with Crippen molar-refractivity contribution in [1.82, 2.24) is 0 Å². The first-order valence-corrected chi connectivity index (χ1v) is 5.39. The summed E-state index contributed by atoms with van der Waals surface area (Å²) in [6.07, 6.45) is 5.23. The van der Waals surface area contributed by atoms with Gasteiger partial charge < -0.3 is 9.84 Å². The van der Waals surface area contributed by atoms with E-state index in [-0.39, 0.29) is 11.9 Å². The van der Waals surface area contributed by atoms with Gasteiger partial charge in [0.15, 0.2) is 0 Å². The van der Waals surface area contributed by atoms with Gasteiger partial charge in [0.05, 0.1) is 0 Å². The monoisotopic (exact) mass is 216 g/mol. The number of allylic oxidation sites excluding steroid dienone is 2. The summed E-state index contributed by atoms with van der Waals surface area (Å²) in [7, 11) is 0. The number of aromatic hydroxyl groups is 1. The highest BCUT2D eigenvalue weighted by Gasteiger charge is 2.37. The van der Waals surface area contributed by atoms with Crippen molar-refractivity contribution in [3.8, 4) is 11.5 Å². The first-order valence-electron chi connectivity index (χ1n) is 5.39. The highest BCUT2D eigenvalue weighted by molar-refractivity contribution is 5.71. The number of carbonyl (C=O) groups is 1. The molecule has 0 aliphatic heterocycles. The van der Waals surface area contributed by atoms with Gasteiger partial charge in [0.2, 0.25) is 0 Å². The van der Waals surface area contributed by atoms with Gasteiger partial charge in [-0.25, -0.2) is 0 Å². The Hall–Kier alpha value is -1.77.